The second-order valence-electron chi connectivity index (χ2n) is 5.40. The molecule has 4 nitrogen and oxygen atoms in total. The van der Waals surface area contributed by atoms with Gasteiger partial charge in [-0.2, -0.15) is 0 Å². The van der Waals surface area contributed by atoms with Gasteiger partial charge < -0.3 is 10.6 Å². The van der Waals surface area contributed by atoms with E-state index in [1.165, 1.54) is 5.39 Å². The number of hydrogen-bond donors (Lipinski definition) is 2. The Morgan fingerprint density at radius 1 is 0.875 bits per heavy atom. The van der Waals surface area contributed by atoms with Crippen LogP contribution in [0.25, 0.3) is 21.7 Å². The monoisotopic (exact) mass is 330 g/mol. The summed E-state index contributed by atoms with van der Waals surface area (Å²) in [5, 5.41) is 10.3. The SMILES string of the molecule is S=C(Nc1ccc2ncncc2c1)Nc1cccc2ccccc12. The highest BCUT2D eigenvalue weighted by atomic mass is 32.1. The van der Waals surface area contributed by atoms with E-state index in [2.05, 4.69) is 38.8 Å². The van der Waals surface area contributed by atoms with Crippen molar-refractivity contribution in [2.45, 2.75) is 0 Å². The predicted octanol–water partition coefficient (Wildman–Crippen LogP) is 4.59. The molecule has 0 radical (unpaired) electrons. The summed E-state index contributed by atoms with van der Waals surface area (Å²) in [4.78, 5) is 8.26. The highest BCUT2D eigenvalue weighted by Gasteiger charge is 2.04. The summed E-state index contributed by atoms with van der Waals surface area (Å²) in [5.41, 5.74) is 2.79. The van der Waals surface area contributed by atoms with Crippen LogP contribution in [0.2, 0.25) is 0 Å². The van der Waals surface area contributed by atoms with E-state index in [0.29, 0.717) is 5.11 Å². The van der Waals surface area contributed by atoms with Crippen LogP contribution >= 0.6 is 12.2 Å². The van der Waals surface area contributed by atoms with Gasteiger partial charge in [-0.25, -0.2) is 9.97 Å². The van der Waals surface area contributed by atoms with E-state index in [1.54, 1.807) is 12.5 Å². The van der Waals surface area contributed by atoms with E-state index in [4.69, 9.17) is 12.2 Å². The van der Waals surface area contributed by atoms with Crippen LogP contribution in [0.3, 0.4) is 0 Å². The van der Waals surface area contributed by atoms with Crippen LogP contribution in [0.1, 0.15) is 0 Å². The maximum absolute atomic E-state index is 5.45. The van der Waals surface area contributed by atoms with E-state index in [-0.39, 0.29) is 0 Å². The predicted molar refractivity (Wildman–Crippen MR) is 103 cm³/mol. The highest BCUT2D eigenvalue weighted by Crippen LogP contribution is 2.23. The third kappa shape index (κ3) is 2.89. The molecule has 0 saturated heterocycles. The molecule has 0 fully saturated rings. The van der Waals surface area contributed by atoms with Gasteiger partial charge in [0.15, 0.2) is 5.11 Å². The molecule has 2 N–H and O–H groups in total. The second kappa shape index (κ2) is 6.22. The zero-order valence-electron chi connectivity index (χ0n) is 12.7. The Balaban J connectivity index is 1.57. The van der Waals surface area contributed by atoms with Crippen LogP contribution in [-0.2, 0) is 0 Å². The third-order valence-corrected chi connectivity index (χ3v) is 4.00. The number of thiocarbonyl (C=S) groups is 1. The number of nitrogens with zero attached hydrogens (tertiary/aromatic N) is 2. The summed E-state index contributed by atoms with van der Waals surface area (Å²) in [7, 11) is 0. The Kier molecular flexibility index (Phi) is 3.76. The van der Waals surface area contributed by atoms with Crippen LogP contribution in [0.5, 0.6) is 0 Å². The number of anilines is 2. The minimum Gasteiger partial charge on any atom is -0.332 e. The fourth-order valence-corrected chi connectivity index (χ4v) is 2.91. The molecule has 0 spiro atoms. The maximum atomic E-state index is 5.45. The second-order valence-corrected chi connectivity index (χ2v) is 5.81. The van der Waals surface area contributed by atoms with E-state index in [9.17, 15) is 0 Å². The number of benzene rings is 3. The minimum absolute atomic E-state index is 0.544. The summed E-state index contributed by atoms with van der Waals surface area (Å²) in [5.74, 6) is 0. The van der Waals surface area contributed by atoms with Crippen molar-refractivity contribution in [1.82, 2.24) is 9.97 Å². The Labute approximate surface area is 144 Å². The molecule has 0 amide bonds. The van der Waals surface area contributed by atoms with Gasteiger partial charge >= 0.3 is 0 Å². The number of hydrogen-bond acceptors (Lipinski definition) is 3. The average Bonchev–Trinajstić information content (AvgIpc) is 2.62. The van der Waals surface area contributed by atoms with Crippen molar-refractivity contribution < 1.29 is 0 Å². The molecule has 1 heterocycles. The molecule has 0 saturated carbocycles. The van der Waals surface area contributed by atoms with Crippen molar-refractivity contribution >= 4 is 50.4 Å². The fraction of sp³-hybridized carbons (Fsp3) is 0. The lowest BCUT2D eigenvalue weighted by Gasteiger charge is -2.13. The lowest BCUT2D eigenvalue weighted by Crippen LogP contribution is -2.19. The standard InChI is InChI=1S/C19H14N4S/c24-19(22-15-8-9-17-14(10-15)11-20-12-21-17)23-18-7-3-5-13-4-1-2-6-16(13)18/h1-12H,(H2,22,23,24). The Hall–Kier alpha value is -3.05. The van der Waals surface area contributed by atoms with Crippen molar-refractivity contribution in [1.29, 1.82) is 0 Å². The quantitative estimate of drug-likeness (QED) is 0.526. The molecular weight excluding hydrogens is 316 g/mol. The number of fused-ring (bicyclic) bond motifs is 2. The Morgan fingerprint density at radius 3 is 2.71 bits per heavy atom. The first-order valence-electron chi connectivity index (χ1n) is 7.55. The summed E-state index contributed by atoms with van der Waals surface area (Å²) in [6.07, 6.45) is 3.33. The van der Waals surface area contributed by atoms with Gasteiger partial charge in [0.25, 0.3) is 0 Å². The van der Waals surface area contributed by atoms with E-state index >= 15 is 0 Å². The van der Waals surface area contributed by atoms with Crippen LogP contribution in [-0.4, -0.2) is 15.1 Å². The van der Waals surface area contributed by atoms with Gasteiger partial charge in [0.05, 0.1) is 5.52 Å². The zero-order valence-corrected chi connectivity index (χ0v) is 13.5. The molecule has 3 aromatic carbocycles. The van der Waals surface area contributed by atoms with Crippen molar-refractivity contribution in [3.05, 3.63) is 73.2 Å². The number of nitrogens with one attached hydrogen (secondary N) is 2. The molecule has 0 atom stereocenters. The van der Waals surface area contributed by atoms with Gasteiger partial charge in [-0.3, -0.25) is 0 Å². The first-order valence-corrected chi connectivity index (χ1v) is 7.96. The average molecular weight is 330 g/mol. The van der Waals surface area contributed by atoms with Crippen molar-refractivity contribution in [2.24, 2.45) is 0 Å². The van der Waals surface area contributed by atoms with Crippen LogP contribution in [0.15, 0.2) is 73.2 Å². The fourth-order valence-electron chi connectivity index (χ4n) is 2.68. The number of rotatable bonds is 2. The van der Waals surface area contributed by atoms with Gasteiger partial charge in [-0.1, -0.05) is 36.4 Å². The normalized spacial score (nSPS) is 10.7. The van der Waals surface area contributed by atoms with Crippen molar-refractivity contribution in [2.75, 3.05) is 10.6 Å². The Morgan fingerprint density at radius 2 is 1.75 bits per heavy atom. The largest absolute Gasteiger partial charge is 0.332 e. The van der Waals surface area contributed by atoms with Gasteiger partial charge in [-0.05, 0) is 41.9 Å². The van der Waals surface area contributed by atoms with Crippen LogP contribution in [0, 0.1) is 0 Å². The van der Waals surface area contributed by atoms with Crippen molar-refractivity contribution in [3.63, 3.8) is 0 Å². The highest BCUT2D eigenvalue weighted by molar-refractivity contribution is 7.80. The van der Waals surface area contributed by atoms with Gasteiger partial charge in [0.2, 0.25) is 0 Å². The molecule has 0 aliphatic carbocycles. The molecule has 5 heteroatoms. The van der Waals surface area contributed by atoms with E-state index < -0.39 is 0 Å². The Bertz CT molecular complexity index is 1040. The molecule has 1 aromatic heterocycles. The van der Waals surface area contributed by atoms with E-state index in [1.807, 2.05) is 42.5 Å². The molecule has 0 aliphatic rings. The molecule has 0 bridgehead atoms. The summed E-state index contributed by atoms with van der Waals surface area (Å²) in [6.45, 7) is 0. The molecule has 4 rings (SSSR count). The molecule has 4 aromatic rings. The molecule has 24 heavy (non-hydrogen) atoms. The first kappa shape index (κ1) is 14.5. The van der Waals surface area contributed by atoms with Gasteiger partial charge in [0, 0.05) is 28.3 Å². The molecule has 0 unspecified atom stereocenters. The molecule has 0 aliphatic heterocycles. The number of aromatic nitrogens is 2. The smallest absolute Gasteiger partial charge is 0.175 e. The molecule has 116 valence electrons. The first-order chi connectivity index (χ1) is 11.8. The van der Waals surface area contributed by atoms with Crippen molar-refractivity contribution in [3.8, 4) is 0 Å². The van der Waals surface area contributed by atoms with Gasteiger partial charge in [-0.15, -0.1) is 0 Å². The zero-order chi connectivity index (χ0) is 16.4. The maximum Gasteiger partial charge on any atom is 0.175 e. The minimum atomic E-state index is 0.544. The van der Waals surface area contributed by atoms with E-state index in [0.717, 1.165) is 27.7 Å². The lowest BCUT2D eigenvalue weighted by atomic mass is 10.1. The summed E-state index contributed by atoms with van der Waals surface area (Å²) in [6, 6.07) is 20.2. The third-order valence-electron chi connectivity index (χ3n) is 3.80. The summed E-state index contributed by atoms with van der Waals surface area (Å²) >= 11 is 5.45. The van der Waals surface area contributed by atoms with Crippen LogP contribution < -0.4 is 10.6 Å². The van der Waals surface area contributed by atoms with Gasteiger partial charge in [0.1, 0.15) is 6.33 Å². The lowest BCUT2D eigenvalue weighted by molar-refractivity contribution is 1.22. The molecular formula is C19H14N4S. The topological polar surface area (TPSA) is 49.8 Å². The summed E-state index contributed by atoms with van der Waals surface area (Å²) < 4.78 is 0. The van der Waals surface area contributed by atoms with Crippen LogP contribution in [0.4, 0.5) is 11.4 Å².